The van der Waals surface area contributed by atoms with Gasteiger partial charge in [-0.15, -0.1) is 0 Å². The van der Waals surface area contributed by atoms with E-state index in [9.17, 15) is 18.0 Å². The zero-order valence-corrected chi connectivity index (χ0v) is 19.8. The zero-order valence-electron chi connectivity index (χ0n) is 19.0. The van der Waals surface area contributed by atoms with Crippen LogP contribution in [0.3, 0.4) is 0 Å². The molecule has 0 unspecified atom stereocenters. The fraction of sp³-hybridized carbons (Fsp3) is 0.120. The Morgan fingerprint density at radius 2 is 1.44 bits per heavy atom. The molecule has 1 heterocycles. The van der Waals surface area contributed by atoms with Gasteiger partial charge in [0.1, 0.15) is 5.69 Å². The van der Waals surface area contributed by atoms with E-state index >= 15 is 0 Å². The Balaban J connectivity index is 1.60. The molecule has 0 atom stereocenters. The van der Waals surface area contributed by atoms with Gasteiger partial charge < -0.3 is 4.90 Å². The zero-order chi connectivity index (χ0) is 24.5. The van der Waals surface area contributed by atoms with E-state index in [-0.39, 0.29) is 16.5 Å². The highest BCUT2D eigenvalue weighted by Gasteiger charge is 2.23. The van der Waals surface area contributed by atoms with Crippen LogP contribution in [0.25, 0.3) is 5.69 Å². The molecule has 8 nitrogen and oxygen atoms in total. The third-order valence-corrected chi connectivity index (χ3v) is 7.02. The van der Waals surface area contributed by atoms with Crippen molar-refractivity contribution in [2.45, 2.75) is 11.8 Å². The van der Waals surface area contributed by atoms with E-state index < -0.39 is 15.6 Å². The van der Waals surface area contributed by atoms with Crippen molar-refractivity contribution in [2.75, 3.05) is 16.7 Å². The first-order valence-corrected chi connectivity index (χ1v) is 12.0. The predicted molar refractivity (Wildman–Crippen MR) is 132 cm³/mol. The van der Waals surface area contributed by atoms with Gasteiger partial charge in [0.2, 0.25) is 0 Å². The van der Waals surface area contributed by atoms with Gasteiger partial charge in [-0.05, 0) is 55.5 Å². The fourth-order valence-electron chi connectivity index (χ4n) is 3.62. The molecule has 4 aromatic rings. The molecular weight excluding hydrogens is 452 g/mol. The SMILES string of the molecule is Cc1c(NS(=O)(=O)c2ccc(C(=O)N(C)c3ccccc3)cc2)c(=O)n(-c2ccccc2)n1C. The molecule has 1 aromatic heterocycles. The Labute approximate surface area is 197 Å². The summed E-state index contributed by atoms with van der Waals surface area (Å²) >= 11 is 0. The number of aromatic nitrogens is 2. The second kappa shape index (κ2) is 9.03. The maximum atomic E-state index is 13.0. The van der Waals surface area contributed by atoms with Crippen LogP contribution in [-0.2, 0) is 17.1 Å². The van der Waals surface area contributed by atoms with Crippen molar-refractivity contribution in [3.05, 3.63) is 107 Å². The van der Waals surface area contributed by atoms with Crippen LogP contribution < -0.4 is 15.2 Å². The largest absolute Gasteiger partial charge is 0.311 e. The standard InChI is InChI=1S/C25H24N4O4S/c1-18-23(25(31)29(28(18)3)21-12-8-5-9-13-21)26-34(32,33)22-16-14-19(15-17-22)24(30)27(2)20-10-6-4-7-11-20/h4-17,26H,1-3H3. The van der Waals surface area contributed by atoms with Crippen molar-refractivity contribution in [1.82, 2.24) is 9.36 Å². The maximum Gasteiger partial charge on any atom is 0.296 e. The number of benzene rings is 3. The Morgan fingerprint density at radius 3 is 2.03 bits per heavy atom. The Kier molecular flexibility index (Phi) is 6.12. The minimum absolute atomic E-state index is 0.0321. The molecule has 9 heteroatoms. The van der Waals surface area contributed by atoms with Gasteiger partial charge in [-0.25, -0.2) is 13.1 Å². The lowest BCUT2D eigenvalue weighted by molar-refractivity contribution is 0.0993. The second-order valence-corrected chi connectivity index (χ2v) is 9.45. The van der Waals surface area contributed by atoms with E-state index in [1.165, 1.54) is 33.8 Å². The summed E-state index contributed by atoms with van der Waals surface area (Å²) in [5.41, 5.74) is 1.64. The summed E-state index contributed by atoms with van der Waals surface area (Å²) in [5.74, 6) is -0.271. The van der Waals surface area contributed by atoms with Gasteiger partial charge in [-0.3, -0.25) is 19.0 Å². The second-order valence-electron chi connectivity index (χ2n) is 7.77. The van der Waals surface area contributed by atoms with Gasteiger partial charge in [0, 0.05) is 25.3 Å². The number of sulfonamides is 1. The topological polar surface area (TPSA) is 93.4 Å². The Hall–Kier alpha value is -4.11. The van der Waals surface area contributed by atoms with Crippen LogP contribution in [0.5, 0.6) is 0 Å². The fourth-order valence-corrected chi connectivity index (χ4v) is 4.73. The smallest absolute Gasteiger partial charge is 0.296 e. The highest BCUT2D eigenvalue weighted by Crippen LogP contribution is 2.20. The van der Waals surface area contributed by atoms with Crippen LogP contribution in [0.2, 0.25) is 0 Å². The molecule has 0 fully saturated rings. The molecule has 4 rings (SSSR count). The molecule has 0 radical (unpaired) electrons. The average Bonchev–Trinajstić information content (AvgIpc) is 3.07. The molecule has 1 amide bonds. The highest BCUT2D eigenvalue weighted by atomic mass is 32.2. The van der Waals surface area contributed by atoms with Gasteiger partial charge in [0.15, 0.2) is 0 Å². The molecule has 3 aromatic carbocycles. The van der Waals surface area contributed by atoms with Crippen LogP contribution in [0.15, 0.2) is 94.6 Å². The minimum Gasteiger partial charge on any atom is -0.311 e. The van der Waals surface area contributed by atoms with Crippen molar-refractivity contribution in [3.8, 4) is 5.69 Å². The molecule has 0 saturated carbocycles. The molecule has 0 aliphatic carbocycles. The van der Waals surface area contributed by atoms with Crippen LogP contribution in [0.1, 0.15) is 16.1 Å². The number of carbonyl (C=O) groups excluding carboxylic acids is 1. The lowest BCUT2D eigenvalue weighted by atomic mass is 10.2. The van der Waals surface area contributed by atoms with Crippen LogP contribution in [-0.4, -0.2) is 30.7 Å². The van der Waals surface area contributed by atoms with Crippen molar-refractivity contribution < 1.29 is 13.2 Å². The van der Waals surface area contributed by atoms with E-state index in [4.69, 9.17) is 0 Å². The Morgan fingerprint density at radius 1 is 0.882 bits per heavy atom. The van der Waals surface area contributed by atoms with E-state index in [2.05, 4.69) is 4.72 Å². The number of para-hydroxylation sites is 2. The number of nitrogens with one attached hydrogen (secondary N) is 1. The number of hydrogen-bond donors (Lipinski definition) is 1. The first kappa shape index (κ1) is 23.1. The summed E-state index contributed by atoms with van der Waals surface area (Å²) in [7, 11) is -0.722. The van der Waals surface area contributed by atoms with E-state index in [0.29, 0.717) is 16.9 Å². The van der Waals surface area contributed by atoms with Gasteiger partial charge in [-0.1, -0.05) is 36.4 Å². The quantitative estimate of drug-likeness (QED) is 0.461. The molecule has 174 valence electrons. The van der Waals surface area contributed by atoms with E-state index in [1.807, 2.05) is 36.4 Å². The van der Waals surface area contributed by atoms with Gasteiger partial charge in [0.05, 0.1) is 16.3 Å². The van der Waals surface area contributed by atoms with Crippen LogP contribution in [0, 0.1) is 6.92 Å². The first-order chi connectivity index (χ1) is 16.2. The van der Waals surface area contributed by atoms with Crippen molar-refractivity contribution in [3.63, 3.8) is 0 Å². The number of rotatable bonds is 6. The summed E-state index contributed by atoms with van der Waals surface area (Å²) in [5, 5.41) is 0. The maximum absolute atomic E-state index is 13.0. The van der Waals surface area contributed by atoms with E-state index in [0.717, 1.165) is 5.69 Å². The van der Waals surface area contributed by atoms with Crippen molar-refractivity contribution >= 4 is 27.3 Å². The third-order valence-electron chi connectivity index (χ3n) is 5.65. The lowest BCUT2D eigenvalue weighted by Gasteiger charge is -2.17. The summed E-state index contributed by atoms with van der Waals surface area (Å²) < 4.78 is 31.5. The minimum atomic E-state index is -4.06. The molecule has 1 N–H and O–H groups in total. The summed E-state index contributed by atoms with van der Waals surface area (Å²) in [6.45, 7) is 1.67. The highest BCUT2D eigenvalue weighted by molar-refractivity contribution is 7.92. The van der Waals surface area contributed by atoms with Crippen LogP contribution in [0.4, 0.5) is 11.4 Å². The lowest BCUT2D eigenvalue weighted by Crippen LogP contribution is -2.26. The van der Waals surface area contributed by atoms with Gasteiger partial charge >= 0.3 is 0 Å². The normalized spacial score (nSPS) is 11.3. The summed E-state index contributed by atoms with van der Waals surface area (Å²) in [4.78, 5) is 27.2. The van der Waals surface area contributed by atoms with Crippen molar-refractivity contribution in [2.24, 2.45) is 7.05 Å². The first-order valence-electron chi connectivity index (χ1n) is 10.5. The molecular formula is C25H24N4O4S. The molecule has 0 aliphatic rings. The average molecular weight is 477 g/mol. The molecule has 0 saturated heterocycles. The van der Waals surface area contributed by atoms with Gasteiger partial charge in [-0.2, -0.15) is 0 Å². The summed E-state index contributed by atoms with van der Waals surface area (Å²) in [6, 6.07) is 23.7. The predicted octanol–water partition coefficient (Wildman–Crippen LogP) is 3.56. The van der Waals surface area contributed by atoms with Gasteiger partial charge in [0.25, 0.3) is 21.5 Å². The monoisotopic (exact) mass is 476 g/mol. The number of anilines is 2. The molecule has 0 spiro atoms. The van der Waals surface area contributed by atoms with Crippen LogP contribution >= 0.6 is 0 Å². The van der Waals surface area contributed by atoms with E-state index in [1.54, 1.807) is 50.0 Å². The number of amides is 1. The third kappa shape index (κ3) is 4.25. The number of carbonyl (C=O) groups is 1. The van der Waals surface area contributed by atoms with Crippen molar-refractivity contribution in [1.29, 1.82) is 0 Å². The molecule has 0 aliphatic heterocycles. The number of nitrogens with zero attached hydrogens (tertiary/aromatic N) is 3. The molecule has 34 heavy (non-hydrogen) atoms. The summed E-state index contributed by atoms with van der Waals surface area (Å²) in [6.07, 6.45) is 0. The number of hydrogen-bond acceptors (Lipinski definition) is 4. The molecule has 0 bridgehead atoms. The Bertz CT molecular complexity index is 1490.